The van der Waals surface area contributed by atoms with Crippen LogP contribution in [-0.4, -0.2) is 29.3 Å². The molecular weight excluding hydrogens is 380 g/mol. The molecule has 152 valence electrons. The zero-order chi connectivity index (χ0) is 20.9. The highest BCUT2D eigenvalue weighted by atomic mass is 16.5. The smallest absolute Gasteiger partial charge is 0.287 e. The largest absolute Gasteiger partial charge is 0.496 e. The number of benzene rings is 2. The number of aliphatic hydroxyl groups is 1. The lowest BCUT2D eigenvalue weighted by Gasteiger charge is -2.27. The average molecular weight is 402 g/mol. The van der Waals surface area contributed by atoms with E-state index in [0.29, 0.717) is 23.3 Å². The first-order valence-electron chi connectivity index (χ1n) is 10.1. The summed E-state index contributed by atoms with van der Waals surface area (Å²) in [5, 5.41) is 23.7. The number of rotatable bonds is 4. The van der Waals surface area contributed by atoms with Crippen molar-refractivity contribution in [2.24, 2.45) is 0 Å². The minimum Gasteiger partial charge on any atom is -0.496 e. The van der Waals surface area contributed by atoms with Gasteiger partial charge in [-0.3, -0.25) is 4.79 Å². The van der Waals surface area contributed by atoms with Crippen molar-refractivity contribution in [1.29, 1.82) is 5.26 Å². The molecule has 0 radical (unpaired) electrons. The summed E-state index contributed by atoms with van der Waals surface area (Å²) in [6.45, 7) is 0. The quantitative estimate of drug-likeness (QED) is 0.683. The molecule has 2 fully saturated rings. The first-order valence-corrected chi connectivity index (χ1v) is 10.1. The fourth-order valence-electron chi connectivity index (χ4n) is 5.02. The topological polar surface area (TPSA) is 95.5 Å². The van der Waals surface area contributed by atoms with Gasteiger partial charge in [-0.1, -0.05) is 18.2 Å². The summed E-state index contributed by atoms with van der Waals surface area (Å²) in [5.41, 5.74) is 1.62. The maximum Gasteiger partial charge on any atom is 0.287 e. The molecule has 2 aliphatic rings. The molecule has 6 heteroatoms. The van der Waals surface area contributed by atoms with Crippen LogP contribution in [-0.2, 0) is 0 Å². The molecule has 0 unspecified atom stereocenters. The lowest BCUT2D eigenvalue weighted by molar-refractivity contribution is 0.0521. The van der Waals surface area contributed by atoms with E-state index in [1.165, 1.54) is 0 Å². The highest BCUT2D eigenvalue weighted by Crippen LogP contribution is 2.50. The average Bonchev–Trinajstić information content (AvgIpc) is 3.43. The van der Waals surface area contributed by atoms with Crippen molar-refractivity contribution in [3.63, 3.8) is 0 Å². The van der Waals surface area contributed by atoms with Gasteiger partial charge in [-0.15, -0.1) is 0 Å². The monoisotopic (exact) mass is 402 g/mol. The van der Waals surface area contributed by atoms with Crippen LogP contribution in [0.15, 0.2) is 46.9 Å². The number of fused-ring (bicyclic) bond motifs is 3. The number of ether oxygens (including phenoxy) is 1. The number of nitrogens with one attached hydrogen (secondary N) is 1. The van der Waals surface area contributed by atoms with Crippen LogP contribution in [0.1, 0.15) is 48.2 Å². The summed E-state index contributed by atoms with van der Waals surface area (Å²) in [7, 11) is 1.58. The zero-order valence-corrected chi connectivity index (χ0v) is 16.7. The van der Waals surface area contributed by atoms with Gasteiger partial charge in [0.2, 0.25) is 0 Å². The van der Waals surface area contributed by atoms with Gasteiger partial charge in [0.1, 0.15) is 11.3 Å². The van der Waals surface area contributed by atoms with Gasteiger partial charge >= 0.3 is 0 Å². The van der Waals surface area contributed by atoms with E-state index in [0.717, 1.165) is 42.2 Å². The molecule has 3 aromatic rings. The number of amides is 1. The molecule has 0 saturated heterocycles. The number of furan rings is 1. The van der Waals surface area contributed by atoms with Gasteiger partial charge in [0, 0.05) is 22.1 Å². The van der Waals surface area contributed by atoms with E-state index < -0.39 is 5.60 Å². The third-order valence-corrected chi connectivity index (χ3v) is 6.57. The van der Waals surface area contributed by atoms with Crippen LogP contribution in [0.2, 0.25) is 0 Å². The third kappa shape index (κ3) is 2.94. The summed E-state index contributed by atoms with van der Waals surface area (Å²) in [6.07, 6.45) is 3.65. The van der Waals surface area contributed by atoms with Crippen LogP contribution in [0.25, 0.3) is 22.1 Å². The van der Waals surface area contributed by atoms with E-state index >= 15 is 0 Å². The number of hydrogen-bond acceptors (Lipinski definition) is 5. The number of nitriles is 1. The fraction of sp³-hybridized carbons (Fsp3) is 0.333. The van der Waals surface area contributed by atoms with Crippen LogP contribution in [0.3, 0.4) is 0 Å². The Morgan fingerprint density at radius 1 is 1.17 bits per heavy atom. The standard InChI is InChI=1S/C24H22N2O4/c1-29-19-6-5-15(13-25)11-18(19)17-4-2-3-16-12-20(30-21(16)17)22(27)26-23-7-9-24(28,14-23)10-8-23/h2-6,11-12,28H,7-10,14H2,1H3,(H,26,27). The predicted molar refractivity (Wildman–Crippen MR) is 111 cm³/mol. The number of carbonyl (C=O) groups is 1. The second-order valence-corrected chi connectivity index (χ2v) is 8.50. The molecule has 30 heavy (non-hydrogen) atoms. The summed E-state index contributed by atoms with van der Waals surface area (Å²) in [6, 6.07) is 14.8. The first kappa shape index (κ1) is 18.7. The van der Waals surface area contributed by atoms with E-state index in [1.54, 1.807) is 31.4 Å². The molecule has 1 heterocycles. The van der Waals surface area contributed by atoms with Crippen molar-refractivity contribution in [3.05, 3.63) is 53.8 Å². The molecule has 0 atom stereocenters. The molecule has 2 bridgehead atoms. The highest BCUT2D eigenvalue weighted by Gasteiger charge is 2.54. The predicted octanol–water partition coefficient (Wildman–Crippen LogP) is 4.16. The molecule has 1 aromatic heterocycles. The molecule has 2 aromatic carbocycles. The van der Waals surface area contributed by atoms with Crippen LogP contribution in [0.5, 0.6) is 5.75 Å². The lowest BCUT2D eigenvalue weighted by Crippen LogP contribution is -2.44. The third-order valence-electron chi connectivity index (χ3n) is 6.57. The molecule has 0 spiro atoms. The maximum absolute atomic E-state index is 13.0. The number of para-hydroxylation sites is 1. The molecule has 2 N–H and O–H groups in total. The number of carbonyl (C=O) groups excluding carboxylic acids is 1. The highest BCUT2D eigenvalue weighted by molar-refractivity contribution is 6.01. The van der Waals surface area contributed by atoms with E-state index in [9.17, 15) is 15.2 Å². The summed E-state index contributed by atoms with van der Waals surface area (Å²) in [4.78, 5) is 13.0. The Morgan fingerprint density at radius 3 is 2.63 bits per heavy atom. The summed E-state index contributed by atoms with van der Waals surface area (Å²) in [5.74, 6) is 0.601. The van der Waals surface area contributed by atoms with Crippen LogP contribution in [0.4, 0.5) is 0 Å². The van der Waals surface area contributed by atoms with Crippen molar-refractivity contribution >= 4 is 16.9 Å². The number of methoxy groups -OCH3 is 1. The van der Waals surface area contributed by atoms with Gasteiger partial charge in [-0.05, 0) is 56.4 Å². The van der Waals surface area contributed by atoms with Crippen molar-refractivity contribution in [3.8, 4) is 22.9 Å². The van der Waals surface area contributed by atoms with Gasteiger partial charge < -0.3 is 19.6 Å². The maximum atomic E-state index is 13.0. The van der Waals surface area contributed by atoms with Crippen molar-refractivity contribution in [2.45, 2.75) is 43.2 Å². The Labute approximate surface area is 174 Å². The van der Waals surface area contributed by atoms with E-state index in [-0.39, 0.29) is 17.2 Å². The van der Waals surface area contributed by atoms with Crippen molar-refractivity contribution < 1.29 is 19.1 Å². The summed E-state index contributed by atoms with van der Waals surface area (Å²) < 4.78 is 11.5. The van der Waals surface area contributed by atoms with E-state index in [2.05, 4.69) is 11.4 Å². The Kier molecular flexibility index (Phi) is 4.12. The second kappa shape index (κ2) is 6.61. The fourth-order valence-corrected chi connectivity index (χ4v) is 5.02. The normalized spacial score (nSPS) is 24.7. The molecule has 0 aliphatic heterocycles. The number of hydrogen-bond donors (Lipinski definition) is 2. The van der Waals surface area contributed by atoms with E-state index in [4.69, 9.17) is 9.15 Å². The second-order valence-electron chi connectivity index (χ2n) is 8.50. The minimum absolute atomic E-state index is 0.240. The Hall–Kier alpha value is -3.30. The summed E-state index contributed by atoms with van der Waals surface area (Å²) >= 11 is 0. The van der Waals surface area contributed by atoms with Gasteiger partial charge in [0.05, 0.1) is 24.3 Å². The number of nitrogens with zero attached hydrogens (tertiary/aromatic N) is 1. The molecular formula is C24H22N2O4. The minimum atomic E-state index is -0.628. The molecule has 2 aliphatic carbocycles. The van der Waals surface area contributed by atoms with Gasteiger partial charge in [0.25, 0.3) is 5.91 Å². The molecule has 1 amide bonds. The van der Waals surface area contributed by atoms with Crippen LogP contribution in [0, 0.1) is 11.3 Å². The molecule has 6 nitrogen and oxygen atoms in total. The SMILES string of the molecule is COc1ccc(C#N)cc1-c1cccc2cc(C(=O)NC34CCC(O)(CC3)C4)oc12. The van der Waals surface area contributed by atoms with Crippen molar-refractivity contribution in [1.82, 2.24) is 5.32 Å². The Morgan fingerprint density at radius 2 is 1.97 bits per heavy atom. The van der Waals surface area contributed by atoms with Crippen molar-refractivity contribution in [2.75, 3.05) is 7.11 Å². The molecule has 5 rings (SSSR count). The lowest BCUT2D eigenvalue weighted by atomic mass is 9.92. The van der Waals surface area contributed by atoms with E-state index in [1.807, 2.05) is 18.2 Å². The van der Waals surface area contributed by atoms with Crippen LogP contribution < -0.4 is 10.1 Å². The van der Waals surface area contributed by atoms with Gasteiger partial charge in [0.15, 0.2) is 5.76 Å². The Balaban J connectivity index is 1.52. The first-order chi connectivity index (χ1) is 14.4. The molecule has 2 saturated carbocycles. The zero-order valence-electron chi connectivity index (χ0n) is 16.7. The Bertz CT molecular complexity index is 1200. The van der Waals surface area contributed by atoms with Gasteiger partial charge in [-0.2, -0.15) is 5.26 Å². The van der Waals surface area contributed by atoms with Crippen LogP contribution >= 0.6 is 0 Å². The van der Waals surface area contributed by atoms with Gasteiger partial charge in [-0.25, -0.2) is 0 Å².